The van der Waals surface area contributed by atoms with Crippen LogP contribution < -0.4 is 4.74 Å². The molecule has 0 saturated carbocycles. The number of fused-ring (bicyclic) bond motifs is 1. The summed E-state index contributed by atoms with van der Waals surface area (Å²) in [5, 5.41) is 9.51. The van der Waals surface area contributed by atoms with Crippen LogP contribution in [0.5, 0.6) is 5.75 Å². The van der Waals surface area contributed by atoms with Crippen LogP contribution in [0.1, 0.15) is 29.2 Å². The third-order valence-electron chi connectivity index (χ3n) is 5.18. The van der Waals surface area contributed by atoms with Gasteiger partial charge in [-0.15, -0.1) is 0 Å². The van der Waals surface area contributed by atoms with Crippen molar-refractivity contribution in [3.05, 3.63) is 93.7 Å². The number of hydrogen-bond acceptors (Lipinski definition) is 4. The molecule has 0 bridgehead atoms. The number of aliphatic hydroxyl groups excluding tert-OH is 1. The molecule has 0 aromatic heterocycles. The fraction of sp³-hybridized carbons (Fsp3) is 0.208. The largest absolute Gasteiger partial charge is 0.494 e. The van der Waals surface area contributed by atoms with Gasteiger partial charge in [0.2, 0.25) is 0 Å². The maximum Gasteiger partial charge on any atom is 0.165 e. The predicted molar refractivity (Wildman–Crippen MR) is 120 cm³/mol. The Kier molecular flexibility index (Phi) is 6.16. The Morgan fingerprint density at radius 2 is 1.90 bits per heavy atom. The van der Waals surface area contributed by atoms with Gasteiger partial charge in [0.05, 0.1) is 18.8 Å². The minimum Gasteiger partial charge on any atom is -0.494 e. The predicted octanol–water partition coefficient (Wildman–Crippen LogP) is 5.46. The second kappa shape index (κ2) is 8.98. The molecular formula is C24H22BrFN2O2. The quantitative estimate of drug-likeness (QED) is 0.522. The number of amidine groups is 1. The first-order valence-corrected chi connectivity index (χ1v) is 10.6. The van der Waals surface area contributed by atoms with Crippen molar-refractivity contribution in [1.82, 2.24) is 4.90 Å². The van der Waals surface area contributed by atoms with Gasteiger partial charge in [-0.3, -0.25) is 0 Å². The molecule has 4 rings (SSSR count). The zero-order valence-electron chi connectivity index (χ0n) is 16.6. The van der Waals surface area contributed by atoms with E-state index in [1.165, 1.54) is 13.2 Å². The lowest BCUT2D eigenvalue weighted by atomic mass is 9.92. The monoisotopic (exact) mass is 468 g/mol. The Morgan fingerprint density at radius 1 is 1.10 bits per heavy atom. The molecule has 1 aliphatic rings. The zero-order valence-corrected chi connectivity index (χ0v) is 18.1. The lowest BCUT2D eigenvalue weighted by molar-refractivity contribution is 0.254. The third kappa shape index (κ3) is 3.98. The van der Waals surface area contributed by atoms with Gasteiger partial charge in [-0.1, -0.05) is 46.3 Å². The number of halogens is 2. The molecule has 0 fully saturated rings. The third-order valence-corrected chi connectivity index (χ3v) is 5.67. The number of methoxy groups -OCH3 is 1. The van der Waals surface area contributed by atoms with Gasteiger partial charge in [-0.05, 0) is 48.4 Å². The number of aliphatic hydroxyl groups is 1. The number of benzene rings is 3. The molecule has 30 heavy (non-hydrogen) atoms. The van der Waals surface area contributed by atoms with E-state index in [1.54, 1.807) is 6.07 Å². The van der Waals surface area contributed by atoms with Gasteiger partial charge in [0, 0.05) is 28.8 Å². The van der Waals surface area contributed by atoms with Gasteiger partial charge in [-0.25, -0.2) is 9.38 Å². The fourth-order valence-corrected chi connectivity index (χ4v) is 4.20. The van der Waals surface area contributed by atoms with Crippen LogP contribution in [0.25, 0.3) is 0 Å². The number of hydrogen-bond donors (Lipinski definition) is 1. The van der Waals surface area contributed by atoms with Crippen molar-refractivity contribution in [1.29, 1.82) is 0 Å². The lowest BCUT2D eigenvalue weighted by Gasteiger charge is -2.39. The number of rotatable bonds is 6. The Labute approximate surface area is 183 Å². The summed E-state index contributed by atoms with van der Waals surface area (Å²) in [6, 6.07) is 21.0. The minimum absolute atomic E-state index is 0.0631. The number of nitrogens with zero attached hydrogens (tertiary/aromatic N) is 2. The van der Waals surface area contributed by atoms with Gasteiger partial charge in [0.25, 0.3) is 0 Å². The van der Waals surface area contributed by atoms with Crippen LogP contribution in [-0.4, -0.2) is 36.1 Å². The van der Waals surface area contributed by atoms with Crippen LogP contribution in [0.15, 0.2) is 76.2 Å². The minimum atomic E-state index is -0.433. The van der Waals surface area contributed by atoms with Crippen molar-refractivity contribution in [2.45, 2.75) is 12.5 Å². The van der Waals surface area contributed by atoms with Gasteiger partial charge in [0.1, 0.15) is 5.84 Å². The SMILES string of the molecule is COc1ccc(C2=Nc3ccc(Br)cc3C(c3ccccc3)N2CCCO)cc1F. The van der Waals surface area contributed by atoms with Crippen molar-refractivity contribution in [2.24, 2.45) is 4.99 Å². The summed E-state index contributed by atoms with van der Waals surface area (Å²) in [5.74, 6) is 0.437. The average Bonchev–Trinajstić information content (AvgIpc) is 2.77. The van der Waals surface area contributed by atoms with Crippen LogP contribution >= 0.6 is 15.9 Å². The first-order chi connectivity index (χ1) is 14.6. The second-order valence-electron chi connectivity index (χ2n) is 7.07. The van der Waals surface area contributed by atoms with E-state index in [0.717, 1.165) is 21.3 Å². The molecule has 0 radical (unpaired) electrons. The van der Waals surface area contributed by atoms with E-state index in [1.807, 2.05) is 36.4 Å². The maximum atomic E-state index is 14.5. The van der Waals surface area contributed by atoms with E-state index in [-0.39, 0.29) is 18.4 Å². The first kappa shape index (κ1) is 20.6. The molecule has 154 valence electrons. The lowest BCUT2D eigenvalue weighted by Crippen LogP contribution is -2.39. The fourth-order valence-electron chi connectivity index (χ4n) is 3.82. The maximum absolute atomic E-state index is 14.5. The van der Waals surface area contributed by atoms with Gasteiger partial charge >= 0.3 is 0 Å². The Hall–Kier alpha value is -2.70. The molecule has 0 amide bonds. The van der Waals surface area contributed by atoms with Gasteiger partial charge in [-0.2, -0.15) is 0 Å². The second-order valence-corrected chi connectivity index (χ2v) is 7.99. The van der Waals surface area contributed by atoms with Crippen LogP contribution in [0.4, 0.5) is 10.1 Å². The first-order valence-electron chi connectivity index (χ1n) is 9.77. The van der Waals surface area contributed by atoms with Crippen LogP contribution in [-0.2, 0) is 0 Å². The summed E-state index contributed by atoms with van der Waals surface area (Å²) in [4.78, 5) is 7.04. The summed E-state index contributed by atoms with van der Waals surface area (Å²) < 4.78 is 20.6. The summed E-state index contributed by atoms with van der Waals surface area (Å²) in [5.41, 5.74) is 3.68. The molecule has 3 aromatic carbocycles. The van der Waals surface area contributed by atoms with E-state index in [0.29, 0.717) is 24.4 Å². The van der Waals surface area contributed by atoms with Crippen LogP contribution in [0, 0.1) is 5.82 Å². The molecule has 0 aliphatic carbocycles. The van der Waals surface area contributed by atoms with E-state index in [4.69, 9.17) is 9.73 Å². The Balaban J connectivity index is 1.91. The topological polar surface area (TPSA) is 45.1 Å². The van der Waals surface area contributed by atoms with E-state index in [2.05, 4.69) is 39.0 Å². The van der Waals surface area contributed by atoms with Crippen molar-refractivity contribution in [2.75, 3.05) is 20.3 Å². The highest BCUT2D eigenvalue weighted by Crippen LogP contribution is 2.41. The molecule has 4 nitrogen and oxygen atoms in total. The highest BCUT2D eigenvalue weighted by atomic mass is 79.9. The van der Waals surface area contributed by atoms with Gasteiger partial charge in [0.15, 0.2) is 11.6 Å². The van der Waals surface area contributed by atoms with Crippen molar-refractivity contribution in [3.8, 4) is 5.75 Å². The summed E-state index contributed by atoms with van der Waals surface area (Å²) >= 11 is 3.58. The van der Waals surface area contributed by atoms with Crippen molar-refractivity contribution >= 4 is 27.5 Å². The standard InChI is InChI=1S/C24H22BrFN2O2/c1-30-22-11-8-17(14-20(22)26)24-27-21-10-9-18(25)15-19(21)23(28(24)12-5-13-29)16-6-3-2-4-7-16/h2-4,6-11,14-15,23,29H,5,12-13H2,1H3. The van der Waals surface area contributed by atoms with E-state index < -0.39 is 5.82 Å². The number of ether oxygens (including phenoxy) is 1. The molecule has 1 atom stereocenters. The van der Waals surface area contributed by atoms with Crippen molar-refractivity contribution < 1.29 is 14.2 Å². The zero-order chi connectivity index (χ0) is 21.1. The summed E-state index contributed by atoms with van der Waals surface area (Å²) in [6.45, 7) is 0.641. The molecule has 1 heterocycles. The molecule has 6 heteroatoms. The molecule has 0 spiro atoms. The molecule has 0 saturated heterocycles. The Bertz CT molecular complexity index is 1070. The highest BCUT2D eigenvalue weighted by Gasteiger charge is 2.32. The molecule has 1 unspecified atom stereocenters. The summed E-state index contributed by atoms with van der Waals surface area (Å²) in [6.07, 6.45) is 0.574. The molecule has 3 aromatic rings. The van der Waals surface area contributed by atoms with E-state index >= 15 is 0 Å². The Morgan fingerprint density at radius 3 is 2.60 bits per heavy atom. The smallest absolute Gasteiger partial charge is 0.165 e. The van der Waals surface area contributed by atoms with E-state index in [9.17, 15) is 9.50 Å². The average molecular weight is 469 g/mol. The van der Waals surface area contributed by atoms with Gasteiger partial charge < -0.3 is 14.7 Å². The van der Waals surface area contributed by atoms with Crippen LogP contribution in [0.3, 0.4) is 0 Å². The normalized spacial score (nSPS) is 15.5. The number of aliphatic imine (C=N–C) groups is 1. The molecule has 1 N–H and O–H groups in total. The highest BCUT2D eigenvalue weighted by molar-refractivity contribution is 9.10. The van der Waals surface area contributed by atoms with Crippen LogP contribution in [0.2, 0.25) is 0 Å². The molecule has 1 aliphatic heterocycles. The molecular weight excluding hydrogens is 447 g/mol. The summed E-state index contributed by atoms with van der Waals surface area (Å²) in [7, 11) is 1.45. The van der Waals surface area contributed by atoms with Crippen molar-refractivity contribution in [3.63, 3.8) is 0 Å².